The van der Waals surface area contributed by atoms with E-state index in [1.54, 1.807) is 0 Å². The van der Waals surface area contributed by atoms with Crippen LogP contribution in [-0.4, -0.2) is 18.1 Å². The summed E-state index contributed by atoms with van der Waals surface area (Å²) < 4.78 is 0. The first-order valence-corrected chi connectivity index (χ1v) is 8.87. The first-order chi connectivity index (χ1) is 10.7. The van der Waals surface area contributed by atoms with E-state index in [1.807, 2.05) is 0 Å². The molecule has 2 nitrogen and oxygen atoms in total. The minimum Gasteiger partial charge on any atom is -0.371 e. The van der Waals surface area contributed by atoms with E-state index in [9.17, 15) is 0 Å². The SMILES string of the molecule is CC(C)(C)c1cc(C(C)(C)C)c2ccc(N3CCCC3)cc2n1. The molecule has 0 atom stereocenters. The van der Waals surface area contributed by atoms with Gasteiger partial charge in [0.05, 0.1) is 5.52 Å². The Morgan fingerprint density at radius 3 is 2.09 bits per heavy atom. The van der Waals surface area contributed by atoms with Crippen molar-refractivity contribution in [2.45, 2.75) is 65.2 Å². The van der Waals surface area contributed by atoms with Crippen LogP contribution in [0.2, 0.25) is 0 Å². The molecular weight excluding hydrogens is 280 g/mol. The molecule has 1 aliphatic heterocycles. The molecule has 1 fully saturated rings. The molecule has 1 saturated heterocycles. The summed E-state index contributed by atoms with van der Waals surface area (Å²) in [4.78, 5) is 7.51. The predicted octanol–water partition coefficient (Wildman–Crippen LogP) is 5.43. The Hall–Kier alpha value is -1.57. The Bertz CT molecular complexity index is 711. The van der Waals surface area contributed by atoms with Crippen LogP contribution in [-0.2, 0) is 10.8 Å². The van der Waals surface area contributed by atoms with Crippen molar-refractivity contribution in [2.24, 2.45) is 0 Å². The largest absolute Gasteiger partial charge is 0.371 e. The van der Waals surface area contributed by atoms with E-state index < -0.39 is 0 Å². The molecule has 0 spiro atoms. The normalized spacial score (nSPS) is 16.3. The fourth-order valence-corrected chi connectivity index (χ4v) is 3.39. The Morgan fingerprint density at radius 1 is 0.870 bits per heavy atom. The smallest absolute Gasteiger partial charge is 0.0729 e. The van der Waals surface area contributed by atoms with Gasteiger partial charge in [-0.15, -0.1) is 0 Å². The van der Waals surface area contributed by atoms with E-state index in [0.717, 1.165) is 5.52 Å². The molecule has 1 aromatic carbocycles. The van der Waals surface area contributed by atoms with Crippen LogP contribution in [0, 0.1) is 0 Å². The summed E-state index contributed by atoms with van der Waals surface area (Å²) in [5, 5.41) is 1.30. The number of fused-ring (bicyclic) bond motifs is 1. The van der Waals surface area contributed by atoms with E-state index >= 15 is 0 Å². The van der Waals surface area contributed by atoms with Crippen LogP contribution in [0.15, 0.2) is 24.3 Å². The van der Waals surface area contributed by atoms with Gasteiger partial charge in [0.15, 0.2) is 0 Å². The number of aromatic nitrogens is 1. The molecule has 0 aliphatic carbocycles. The number of nitrogens with zero attached hydrogens (tertiary/aromatic N) is 2. The molecule has 23 heavy (non-hydrogen) atoms. The molecule has 3 rings (SSSR count). The minimum absolute atomic E-state index is 0.0673. The van der Waals surface area contributed by atoms with Gasteiger partial charge in [0, 0.05) is 35.3 Å². The quantitative estimate of drug-likeness (QED) is 0.698. The van der Waals surface area contributed by atoms with Gasteiger partial charge in [-0.3, -0.25) is 4.98 Å². The number of anilines is 1. The molecule has 2 aromatic rings. The Kier molecular flexibility index (Phi) is 3.90. The molecule has 0 saturated carbocycles. The summed E-state index contributed by atoms with van der Waals surface area (Å²) in [6, 6.07) is 9.17. The van der Waals surface area contributed by atoms with Crippen molar-refractivity contribution in [1.29, 1.82) is 0 Å². The van der Waals surface area contributed by atoms with Gasteiger partial charge in [0.1, 0.15) is 0 Å². The summed E-state index contributed by atoms with van der Waals surface area (Å²) in [5.74, 6) is 0. The second-order valence-corrected chi connectivity index (χ2v) is 8.95. The molecule has 0 bridgehead atoms. The molecule has 0 radical (unpaired) electrons. The highest BCUT2D eigenvalue weighted by atomic mass is 15.1. The zero-order valence-corrected chi connectivity index (χ0v) is 15.5. The van der Waals surface area contributed by atoms with Crippen molar-refractivity contribution in [3.63, 3.8) is 0 Å². The summed E-state index contributed by atoms with van der Waals surface area (Å²) in [6.45, 7) is 16.0. The Labute approximate surface area is 140 Å². The third-order valence-corrected chi connectivity index (χ3v) is 4.84. The van der Waals surface area contributed by atoms with Crippen LogP contribution >= 0.6 is 0 Å². The number of rotatable bonds is 1. The lowest BCUT2D eigenvalue weighted by Gasteiger charge is -2.27. The van der Waals surface area contributed by atoms with Crippen LogP contribution in [0.25, 0.3) is 10.9 Å². The molecule has 124 valence electrons. The van der Waals surface area contributed by atoms with E-state index in [4.69, 9.17) is 4.98 Å². The second kappa shape index (κ2) is 5.51. The summed E-state index contributed by atoms with van der Waals surface area (Å²) in [7, 11) is 0. The van der Waals surface area contributed by atoms with Crippen molar-refractivity contribution >= 4 is 16.6 Å². The molecule has 1 aromatic heterocycles. The predicted molar refractivity (Wildman–Crippen MR) is 101 cm³/mol. The van der Waals surface area contributed by atoms with Crippen molar-refractivity contribution in [3.05, 3.63) is 35.5 Å². The Balaban J connectivity index is 2.21. The van der Waals surface area contributed by atoms with Crippen molar-refractivity contribution in [3.8, 4) is 0 Å². The van der Waals surface area contributed by atoms with Gasteiger partial charge in [0.25, 0.3) is 0 Å². The summed E-state index contributed by atoms with van der Waals surface area (Å²) in [5.41, 5.74) is 5.25. The number of hydrogen-bond acceptors (Lipinski definition) is 2. The maximum Gasteiger partial charge on any atom is 0.0729 e. The first kappa shape index (κ1) is 16.3. The fourth-order valence-electron chi connectivity index (χ4n) is 3.39. The monoisotopic (exact) mass is 310 g/mol. The van der Waals surface area contributed by atoms with Gasteiger partial charge >= 0.3 is 0 Å². The topological polar surface area (TPSA) is 16.1 Å². The second-order valence-electron chi connectivity index (χ2n) is 8.95. The number of benzene rings is 1. The van der Waals surface area contributed by atoms with Gasteiger partial charge < -0.3 is 4.90 Å². The van der Waals surface area contributed by atoms with Gasteiger partial charge in [-0.05, 0) is 42.0 Å². The molecule has 0 unspecified atom stereocenters. The highest BCUT2D eigenvalue weighted by molar-refractivity contribution is 5.86. The lowest BCUT2D eigenvalue weighted by atomic mass is 9.81. The number of hydrogen-bond donors (Lipinski definition) is 0. The summed E-state index contributed by atoms with van der Waals surface area (Å²) in [6.07, 6.45) is 2.61. The van der Waals surface area contributed by atoms with Gasteiger partial charge in [-0.1, -0.05) is 47.6 Å². The van der Waals surface area contributed by atoms with Crippen molar-refractivity contribution < 1.29 is 0 Å². The molecule has 2 heteroatoms. The van der Waals surface area contributed by atoms with E-state index in [0.29, 0.717) is 0 Å². The average molecular weight is 310 g/mol. The van der Waals surface area contributed by atoms with E-state index in [1.165, 1.54) is 48.3 Å². The standard InChI is InChI=1S/C21H30N2/c1-20(2,3)17-14-19(21(4,5)6)22-18-13-15(9-10-16(17)18)23-11-7-8-12-23/h9-10,13-14H,7-8,11-12H2,1-6H3. The highest BCUT2D eigenvalue weighted by Crippen LogP contribution is 2.35. The lowest BCUT2D eigenvalue weighted by molar-refractivity contribution is 0.558. The maximum atomic E-state index is 5.03. The average Bonchev–Trinajstić information content (AvgIpc) is 2.97. The third-order valence-electron chi connectivity index (χ3n) is 4.84. The fraction of sp³-hybridized carbons (Fsp3) is 0.571. The molecule has 2 heterocycles. The third kappa shape index (κ3) is 3.22. The van der Waals surface area contributed by atoms with Crippen LogP contribution in [0.1, 0.15) is 65.6 Å². The first-order valence-electron chi connectivity index (χ1n) is 8.87. The summed E-state index contributed by atoms with van der Waals surface area (Å²) >= 11 is 0. The minimum atomic E-state index is 0.0673. The zero-order valence-electron chi connectivity index (χ0n) is 15.5. The zero-order chi connectivity index (χ0) is 16.8. The molecule has 0 N–H and O–H groups in total. The Morgan fingerprint density at radius 2 is 1.52 bits per heavy atom. The lowest BCUT2D eigenvalue weighted by Crippen LogP contribution is -2.20. The van der Waals surface area contributed by atoms with Gasteiger partial charge in [-0.25, -0.2) is 0 Å². The van der Waals surface area contributed by atoms with Crippen molar-refractivity contribution in [2.75, 3.05) is 18.0 Å². The van der Waals surface area contributed by atoms with Crippen LogP contribution in [0.4, 0.5) is 5.69 Å². The molecular formula is C21H30N2. The highest BCUT2D eigenvalue weighted by Gasteiger charge is 2.24. The molecule has 0 amide bonds. The number of pyridine rings is 1. The van der Waals surface area contributed by atoms with Crippen LogP contribution in [0.3, 0.4) is 0 Å². The molecule has 1 aliphatic rings. The van der Waals surface area contributed by atoms with Gasteiger partial charge in [-0.2, -0.15) is 0 Å². The maximum absolute atomic E-state index is 5.03. The van der Waals surface area contributed by atoms with Crippen LogP contribution < -0.4 is 4.90 Å². The van der Waals surface area contributed by atoms with Crippen molar-refractivity contribution in [1.82, 2.24) is 4.98 Å². The van der Waals surface area contributed by atoms with E-state index in [2.05, 4.69) is 70.7 Å². The van der Waals surface area contributed by atoms with Gasteiger partial charge in [0.2, 0.25) is 0 Å². The van der Waals surface area contributed by atoms with Crippen LogP contribution in [0.5, 0.6) is 0 Å². The van der Waals surface area contributed by atoms with E-state index in [-0.39, 0.29) is 10.8 Å².